The van der Waals surface area contributed by atoms with Gasteiger partial charge < -0.3 is 15.2 Å². The van der Waals surface area contributed by atoms with Crippen LogP contribution in [0.3, 0.4) is 0 Å². The Labute approximate surface area is 88.9 Å². The van der Waals surface area contributed by atoms with Crippen LogP contribution in [0.15, 0.2) is 30.3 Å². The topological polar surface area (TPSA) is 58.6 Å². The summed E-state index contributed by atoms with van der Waals surface area (Å²) in [6.07, 6.45) is -0.613. The number of carbonyl (C=O) groups excluding carboxylic acids is 1. The molecule has 0 heterocycles. The fourth-order valence-corrected chi connectivity index (χ4v) is 1.29. The summed E-state index contributed by atoms with van der Waals surface area (Å²) in [5.41, 5.74) is 0.801. The molecule has 0 aliphatic rings. The van der Waals surface area contributed by atoms with Crippen LogP contribution in [0.2, 0.25) is 0 Å². The Bertz CT molecular complexity index is 300. The molecule has 4 nitrogen and oxygen atoms in total. The minimum absolute atomic E-state index is 0.0725. The predicted octanol–water partition coefficient (Wildman–Crippen LogP) is 0.483. The van der Waals surface area contributed by atoms with E-state index in [1.165, 1.54) is 7.11 Å². The molecule has 1 aromatic carbocycles. The summed E-state index contributed by atoms with van der Waals surface area (Å²) in [5, 5.41) is 11.2. The van der Waals surface area contributed by atoms with Crippen molar-refractivity contribution < 1.29 is 14.6 Å². The Morgan fingerprint density at radius 3 is 2.67 bits per heavy atom. The van der Waals surface area contributed by atoms with E-state index in [1.807, 2.05) is 30.3 Å². The summed E-state index contributed by atoms with van der Waals surface area (Å²) >= 11 is 0. The van der Waals surface area contributed by atoms with E-state index in [9.17, 15) is 4.79 Å². The highest BCUT2D eigenvalue weighted by Gasteiger charge is 2.18. The average molecular weight is 209 g/mol. The van der Waals surface area contributed by atoms with E-state index in [1.54, 1.807) is 0 Å². The lowest BCUT2D eigenvalue weighted by Gasteiger charge is -2.14. The van der Waals surface area contributed by atoms with Crippen LogP contribution >= 0.6 is 0 Å². The van der Waals surface area contributed by atoms with Gasteiger partial charge in [-0.1, -0.05) is 30.3 Å². The Balaban J connectivity index is 2.67. The first-order valence-corrected chi connectivity index (χ1v) is 4.76. The molecular weight excluding hydrogens is 194 g/mol. The third-order valence-electron chi connectivity index (χ3n) is 1.99. The van der Waals surface area contributed by atoms with E-state index in [0.29, 0.717) is 0 Å². The molecule has 0 fully saturated rings. The SMILES string of the molecule is COC(C(=O)NCCO)c1ccccc1. The van der Waals surface area contributed by atoms with Crippen molar-refractivity contribution in [3.8, 4) is 0 Å². The average Bonchev–Trinajstić information content (AvgIpc) is 2.29. The van der Waals surface area contributed by atoms with Crippen LogP contribution in [-0.2, 0) is 9.53 Å². The van der Waals surface area contributed by atoms with Gasteiger partial charge in [-0.25, -0.2) is 0 Å². The molecule has 0 aliphatic carbocycles. The standard InChI is InChI=1S/C11H15NO3/c1-15-10(11(14)12-7-8-13)9-5-3-2-4-6-9/h2-6,10,13H,7-8H2,1H3,(H,12,14). The summed E-state index contributed by atoms with van der Waals surface area (Å²) in [6, 6.07) is 9.22. The molecule has 15 heavy (non-hydrogen) atoms. The van der Waals surface area contributed by atoms with Crippen molar-refractivity contribution in [1.29, 1.82) is 0 Å². The summed E-state index contributed by atoms with van der Waals surface area (Å²) in [4.78, 5) is 11.6. The summed E-state index contributed by atoms with van der Waals surface area (Å²) in [7, 11) is 1.48. The van der Waals surface area contributed by atoms with Crippen molar-refractivity contribution in [3.63, 3.8) is 0 Å². The Morgan fingerprint density at radius 2 is 2.13 bits per heavy atom. The number of hydrogen-bond acceptors (Lipinski definition) is 3. The van der Waals surface area contributed by atoms with Gasteiger partial charge in [-0.05, 0) is 5.56 Å². The first-order chi connectivity index (χ1) is 7.29. The second kappa shape index (κ2) is 6.16. The maximum absolute atomic E-state index is 11.6. The molecule has 0 saturated carbocycles. The predicted molar refractivity (Wildman–Crippen MR) is 56.3 cm³/mol. The molecule has 1 unspecified atom stereocenters. The number of amides is 1. The highest BCUT2D eigenvalue weighted by Crippen LogP contribution is 2.15. The highest BCUT2D eigenvalue weighted by molar-refractivity contribution is 5.82. The van der Waals surface area contributed by atoms with Crippen LogP contribution in [0.25, 0.3) is 0 Å². The molecule has 1 atom stereocenters. The number of ether oxygens (including phenoxy) is 1. The van der Waals surface area contributed by atoms with E-state index in [0.717, 1.165) is 5.56 Å². The molecular formula is C11H15NO3. The zero-order valence-electron chi connectivity index (χ0n) is 8.64. The fraction of sp³-hybridized carbons (Fsp3) is 0.364. The van der Waals surface area contributed by atoms with E-state index in [2.05, 4.69) is 5.32 Å². The largest absolute Gasteiger partial charge is 0.395 e. The third-order valence-corrected chi connectivity index (χ3v) is 1.99. The Morgan fingerprint density at radius 1 is 1.47 bits per heavy atom. The van der Waals surface area contributed by atoms with Gasteiger partial charge >= 0.3 is 0 Å². The number of methoxy groups -OCH3 is 1. The van der Waals surface area contributed by atoms with Crippen LogP contribution in [0.1, 0.15) is 11.7 Å². The number of carbonyl (C=O) groups is 1. The van der Waals surface area contributed by atoms with Crippen molar-refractivity contribution in [2.45, 2.75) is 6.10 Å². The van der Waals surface area contributed by atoms with E-state index >= 15 is 0 Å². The number of aliphatic hydroxyl groups excluding tert-OH is 1. The number of rotatable bonds is 5. The number of aliphatic hydroxyl groups is 1. The van der Waals surface area contributed by atoms with E-state index in [4.69, 9.17) is 9.84 Å². The summed E-state index contributed by atoms with van der Waals surface area (Å²) < 4.78 is 5.10. The quantitative estimate of drug-likeness (QED) is 0.741. The molecule has 4 heteroatoms. The monoisotopic (exact) mass is 209 g/mol. The van der Waals surface area contributed by atoms with Crippen LogP contribution in [0, 0.1) is 0 Å². The molecule has 0 aliphatic heterocycles. The summed E-state index contributed by atoms with van der Waals surface area (Å²) in [6.45, 7) is 0.169. The van der Waals surface area contributed by atoms with Crippen molar-refractivity contribution in [2.24, 2.45) is 0 Å². The molecule has 0 aromatic heterocycles. The van der Waals surface area contributed by atoms with Crippen LogP contribution in [0.4, 0.5) is 0 Å². The van der Waals surface area contributed by atoms with Gasteiger partial charge in [-0.15, -0.1) is 0 Å². The molecule has 1 rings (SSSR count). The van der Waals surface area contributed by atoms with Gasteiger partial charge in [0.25, 0.3) is 5.91 Å². The van der Waals surface area contributed by atoms with Crippen molar-refractivity contribution >= 4 is 5.91 Å². The maximum Gasteiger partial charge on any atom is 0.253 e. The zero-order valence-corrected chi connectivity index (χ0v) is 8.64. The minimum Gasteiger partial charge on any atom is -0.395 e. The molecule has 1 amide bonds. The van der Waals surface area contributed by atoms with Crippen LogP contribution in [-0.4, -0.2) is 31.3 Å². The van der Waals surface area contributed by atoms with E-state index < -0.39 is 6.10 Å². The van der Waals surface area contributed by atoms with Crippen LogP contribution in [0.5, 0.6) is 0 Å². The highest BCUT2D eigenvalue weighted by atomic mass is 16.5. The smallest absolute Gasteiger partial charge is 0.253 e. The lowest BCUT2D eigenvalue weighted by atomic mass is 10.1. The fourth-order valence-electron chi connectivity index (χ4n) is 1.29. The lowest BCUT2D eigenvalue weighted by molar-refractivity contribution is -0.131. The van der Waals surface area contributed by atoms with Crippen LogP contribution < -0.4 is 5.32 Å². The molecule has 0 radical (unpaired) electrons. The maximum atomic E-state index is 11.6. The zero-order chi connectivity index (χ0) is 11.1. The van der Waals surface area contributed by atoms with Gasteiger partial charge in [0.05, 0.1) is 6.61 Å². The van der Waals surface area contributed by atoms with Gasteiger partial charge in [0.2, 0.25) is 0 Å². The van der Waals surface area contributed by atoms with Crippen molar-refractivity contribution in [2.75, 3.05) is 20.3 Å². The lowest BCUT2D eigenvalue weighted by Crippen LogP contribution is -2.32. The van der Waals surface area contributed by atoms with Crippen molar-refractivity contribution in [3.05, 3.63) is 35.9 Å². The second-order valence-electron chi connectivity index (χ2n) is 3.04. The first kappa shape index (κ1) is 11.7. The molecule has 0 spiro atoms. The van der Waals surface area contributed by atoms with E-state index in [-0.39, 0.29) is 19.1 Å². The normalized spacial score (nSPS) is 12.1. The van der Waals surface area contributed by atoms with Gasteiger partial charge in [0, 0.05) is 13.7 Å². The molecule has 0 bridgehead atoms. The molecule has 2 N–H and O–H groups in total. The molecule has 82 valence electrons. The van der Waals surface area contributed by atoms with Gasteiger partial charge in [0.1, 0.15) is 0 Å². The van der Waals surface area contributed by atoms with Gasteiger partial charge in [-0.2, -0.15) is 0 Å². The molecule has 0 saturated heterocycles. The Hall–Kier alpha value is -1.39. The third kappa shape index (κ3) is 3.34. The van der Waals surface area contributed by atoms with Gasteiger partial charge in [-0.3, -0.25) is 4.79 Å². The number of hydrogen-bond donors (Lipinski definition) is 2. The number of nitrogens with one attached hydrogen (secondary N) is 1. The van der Waals surface area contributed by atoms with Gasteiger partial charge in [0.15, 0.2) is 6.10 Å². The second-order valence-corrected chi connectivity index (χ2v) is 3.04. The summed E-state index contributed by atoms with van der Waals surface area (Å²) in [5.74, 6) is -0.238. The van der Waals surface area contributed by atoms with Crippen molar-refractivity contribution in [1.82, 2.24) is 5.32 Å². The number of benzene rings is 1. The Kier molecular flexibility index (Phi) is 4.80. The molecule has 1 aromatic rings. The minimum atomic E-state index is -0.613. The first-order valence-electron chi connectivity index (χ1n) is 4.76.